The number of hydrogen-bond donors (Lipinski definition) is 2. The van der Waals surface area contributed by atoms with E-state index in [2.05, 4.69) is 4.98 Å². The van der Waals surface area contributed by atoms with Gasteiger partial charge in [-0.1, -0.05) is 24.3 Å². The smallest absolute Gasteiger partial charge is 0.0731 e. The Labute approximate surface area is 88.6 Å². The van der Waals surface area contributed by atoms with E-state index in [9.17, 15) is 5.11 Å². The molecule has 0 spiro atoms. The molecule has 3 nitrogen and oxygen atoms in total. The third-order valence-electron chi connectivity index (χ3n) is 2.51. The van der Waals surface area contributed by atoms with Gasteiger partial charge in [-0.05, 0) is 18.4 Å². The van der Waals surface area contributed by atoms with E-state index >= 15 is 0 Å². The molecule has 2 rings (SSSR count). The summed E-state index contributed by atoms with van der Waals surface area (Å²) in [5.41, 5.74) is 6.54. The molecular formula is C12H14N2O. The van der Waals surface area contributed by atoms with Gasteiger partial charge in [-0.15, -0.1) is 0 Å². The van der Waals surface area contributed by atoms with Crippen molar-refractivity contribution in [2.24, 2.45) is 5.73 Å². The minimum atomic E-state index is -0.585. The first-order chi connectivity index (χ1) is 7.18. The SMILES string of the molecule is CC(O)C(N)c1cc2ccccc2cn1. The molecule has 0 bridgehead atoms. The van der Waals surface area contributed by atoms with Gasteiger partial charge < -0.3 is 10.8 Å². The number of rotatable bonds is 2. The fourth-order valence-electron chi connectivity index (χ4n) is 1.53. The summed E-state index contributed by atoms with van der Waals surface area (Å²) in [6.07, 6.45) is 1.20. The van der Waals surface area contributed by atoms with Crippen LogP contribution in [0.3, 0.4) is 0 Å². The lowest BCUT2D eigenvalue weighted by molar-refractivity contribution is 0.162. The molecule has 78 valence electrons. The summed E-state index contributed by atoms with van der Waals surface area (Å²) in [5, 5.41) is 11.6. The Morgan fingerprint density at radius 2 is 1.93 bits per heavy atom. The average Bonchev–Trinajstić information content (AvgIpc) is 2.27. The largest absolute Gasteiger partial charge is 0.391 e. The van der Waals surface area contributed by atoms with Crippen molar-refractivity contribution in [2.75, 3.05) is 0 Å². The molecule has 1 aromatic carbocycles. The number of aliphatic hydroxyl groups is 1. The molecule has 2 unspecified atom stereocenters. The molecule has 1 aromatic heterocycles. The Morgan fingerprint density at radius 1 is 1.27 bits per heavy atom. The zero-order valence-electron chi connectivity index (χ0n) is 8.59. The van der Waals surface area contributed by atoms with Crippen LogP contribution in [0.25, 0.3) is 10.8 Å². The third-order valence-corrected chi connectivity index (χ3v) is 2.51. The number of hydrogen-bond acceptors (Lipinski definition) is 3. The van der Waals surface area contributed by atoms with Crippen molar-refractivity contribution < 1.29 is 5.11 Å². The molecule has 15 heavy (non-hydrogen) atoms. The topological polar surface area (TPSA) is 59.1 Å². The zero-order valence-corrected chi connectivity index (χ0v) is 8.59. The van der Waals surface area contributed by atoms with Crippen molar-refractivity contribution in [3.05, 3.63) is 42.2 Å². The van der Waals surface area contributed by atoms with Crippen molar-refractivity contribution in [3.63, 3.8) is 0 Å². The molecule has 2 aromatic rings. The van der Waals surface area contributed by atoms with Crippen LogP contribution in [0.15, 0.2) is 36.5 Å². The predicted octanol–water partition coefficient (Wildman–Crippen LogP) is 1.62. The van der Waals surface area contributed by atoms with Crippen molar-refractivity contribution in [2.45, 2.75) is 19.1 Å². The normalized spacial score (nSPS) is 15.1. The number of benzene rings is 1. The van der Waals surface area contributed by atoms with E-state index in [-0.39, 0.29) is 0 Å². The maximum atomic E-state index is 9.38. The summed E-state index contributed by atoms with van der Waals surface area (Å²) in [7, 11) is 0. The van der Waals surface area contributed by atoms with Crippen LogP contribution in [0.4, 0.5) is 0 Å². The summed E-state index contributed by atoms with van der Waals surface area (Å²) in [6.45, 7) is 1.67. The minimum absolute atomic E-state index is 0.422. The molecule has 0 aliphatic heterocycles. The number of aromatic nitrogens is 1. The van der Waals surface area contributed by atoms with Crippen LogP contribution >= 0.6 is 0 Å². The molecule has 0 aliphatic rings. The summed E-state index contributed by atoms with van der Waals surface area (Å²) in [5.74, 6) is 0. The molecule has 0 aliphatic carbocycles. The predicted molar refractivity (Wildman–Crippen MR) is 60.4 cm³/mol. The Kier molecular flexibility index (Phi) is 2.66. The van der Waals surface area contributed by atoms with E-state index in [1.807, 2.05) is 30.3 Å². The van der Waals surface area contributed by atoms with Crippen molar-refractivity contribution in [3.8, 4) is 0 Å². The van der Waals surface area contributed by atoms with Crippen LogP contribution in [0, 0.1) is 0 Å². The molecule has 0 radical (unpaired) electrons. The van der Waals surface area contributed by atoms with Crippen LogP contribution in [-0.2, 0) is 0 Å². The maximum absolute atomic E-state index is 9.38. The third kappa shape index (κ3) is 1.98. The quantitative estimate of drug-likeness (QED) is 0.778. The zero-order chi connectivity index (χ0) is 10.8. The lowest BCUT2D eigenvalue weighted by Crippen LogP contribution is -2.24. The second kappa shape index (κ2) is 3.96. The number of nitrogens with two attached hydrogens (primary N) is 1. The second-order valence-corrected chi connectivity index (χ2v) is 3.72. The van der Waals surface area contributed by atoms with Crippen LogP contribution in [0.2, 0.25) is 0 Å². The highest BCUT2D eigenvalue weighted by molar-refractivity contribution is 5.81. The Hall–Kier alpha value is -1.45. The minimum Gasteiger partial charge on any atom is -0.391 e. The number of fused-ring (bicyclic) bond motifs is 1. The standard InChI is InChI=1S/C12H14N2O/c1-8(15)12(13)11-6-9-4-2-3-5-10(9)7-14-11/h2-8,12,15H,13H2,1H3. The van der Waals surface area contributed by atoms with E-state index in [1.54, 1.807) is 13.1 Å². The van der Waals surface area contributed by atoms with Gasteiger partial charge in [0.2, 0.25) is 0 Å². The highest BCUT2D eigenvalue weighted by Crippen LogP contribution is 2.18. The fraction of sp³-hybridized carbons (Fsp3) is 0.250. The van der Waals surface area contributed by atoms with Crippen LogP contribution in [0.5, 0.6) is 0 Å². The molecule has 1 heterocycles. The van der Waals surface area contributed by atoms with Gasteiger partial charge in [0.25, 0.3) is 0 Å². The first-order valence-electron chi connectivity index (χ1n) is 4.97. The highest BCUT2D eigenvalue weighted by Gasteiger charge is 2.13. The highest BCUT2D eigenvalue weighted by atomic mass is 16.3. The van der Waals surface area contributed by atoms with E-state index in [0.717, 1.165) is 16.5 Å². The molecule has 3 N–H and O–H groups in total. The van der Waals surface area contributed by atoms with Crippen molar-refractivity contribution >= 4 is 10.8 Å². The van der Waals surface area contributed by atoms with Crippen LogP contribution in [0.1, 0.15) is 18.7 Å². The second-order valence-electron chi connectivity index (χ2n) is 3.72. The monoisotopic (exact) mass is 202 g/mol. The van der Waals surface area contributed by atoms with Gasteiger partial charge in [-0.3, -0.25) is 4.98 Å². The Balaban J connectivity index is 2.47. The summed E-state index contributed by atoms with van der Waals surface area (Å²) >= 11 is 0. The lowest BCUT2D eigenvalue weighted by atomic mass is 10.1. The van der Waals surface area contributed by atoms with Gasteiger partial charge in [0.05, 0.1) is 17.8 Å². The fourth-order valence-corrected chi connectivity index (χ4v) is 1.53. The Morgan fingerprint density at radius 3 is 2.60 bits per heavy atom. The van der Waals surface area contributed by atoms with E-state index in [4.69, 9.17) is 5.73 Å². The molecule has 0 amide bonds. The summed E-state index contributed by atoms with van der Waals surface area (Å²) in [6, 6.07) is 9.45. The number of pyridine rings is 1. The average molecular weight is 202 g/mol. The number of nitrogens with zero attached hydrogens (tertiary/aromatic N) is 1. The maximum Gasteiger partial charge on any atom is 0.0731 e. The van der Waals surface area contributed by atoms with E-state index in [0.29, 0.717) is 0 Å². The molecule has 0 saturated heterocycles. The van der Waals surface area contributed by atoms with Crippen LogP contribution < -0.4 is 5.73 Å². The first kappa shape index (κ1) is 10.1. The first-order valence-corrected chi connectivity index (χ1v) is 4.97. The number of aliphatic hydroxyl groups excluding tert-OH is 1. The van der Waals surface area contributed by atoms with Gasteiger partial charge in [-0.2, -0.15) is 0 Å². The van der Waals surface area contributed by atoms with Gasteiger partial charge >= 0.3 is 0 Å². The molecule has 0 saturated carbocycles. The summed E-state index contributed by atoms with van der Waals surface area (Å²) < 4.78 is 0. The van der Waals surface area contributed by atoms with Crippen molar-refractivity contribution in [1.29, 1.82) is 0 Å². The van der Waals surface area contributed by atoms with Gasteiger partial charge in [0, 0.05) is 11.6 Å². The van der Waals surface area contributed by atoms with Crippen molar-refractivity contribution in [1.82, 2.24) is 4.98 Å². The van der Waals surface area contributed by atoms with E-state index in [1.165, 1.54) is 0 Å². The van der Waals surface area contributed by atoms with Gasteiger partial charge in [0.1, 0.15) is 0 Å². The summed E-state index contributed by atoms with van der Waals surface area (Å²) in [4.78, 5) is 4.24. The van der Waals surface area contributed by atoms with Gasteiger partial charge in [-0.25, -0.2) is 0 Å². The molecule has 3 heteroatoms. The van der Waals surface area contributed by atoms with Gasteiger partial charge in [0.15, 0.2) is 0 Å². The van der Waals surface area contributed by atoms with Crippen LogP contribution in [-0.4, -0.2) is 16.2 Å². The molecule has 0 fully saturated rings. The Bertz CT molecular complexity index is 468. The molecular weight excluding hydrogens is 188 g/mol. The lowest BCUT2D eigenvalue weighted by Gasteiger charge is -2.14. The van der Waals surface area contributed by atoms with E-state index < -0.39 is 12.1 Å². The molecule has 2 atom stereocenters.